The summed E-state index contributed by atoms with van der Waals surface area (Å²) in [5.74, 6) is 0.803. The number of rotatable bonds is 4. The zero-order chi connectivity index (χ0) is 13.9. The van der Waals surface area contributed by atoms with Crippen LogP contribution in [0.5, 0.6) is 5.75 Å². The van der Waals surface area contributed by atoms with Crippen molar-refractivity contribution in [3.8, 4) is 5.75 Å². The van der Waals surface area contributed by atoms with Crippen molar-refractivity contribution in [3.05, 3.63) is 65.1 Å². The second-order valence-corrected chi connectivity index (χ2v) is 4.92. The molecule has 0 amide bonds. The van der Waals surface area contributed by atoms with E-state index in [9.17, 15) is 0 Å². The summed E-state index contributed by atoms with van der Waals surface area (Å²) < 4.78 is 7.59. The van der Waals surface area contributed by atoms with Crippen molar-refractivity contribution in [3.63, 3.8) is 0 Å². The summed E-state index contributed by atoms with van der Waals surface area (Å²) in [6.45, 7) is 0.953. The number of nitrogens with zero attached hydrogens (tertiary/aromatic N) is 2. The Bertz CT molecular complexity index is 722. The van der Waals surface area contributed by atoms with Gasteiger partial charge in [-0.25, -0.2) is 4.98 Å². The van der Waals surface area contributed by atoms with Crippen LogP contribution >= 0.6 is 11.6 Å². The third kappa shape index (κ3) is 2.76. The van der Waals surface area contributed by atoms with E-state index >= 15 is 0 Å². The molecule has 0 saturated carbocycles. The first-order valence-corrected chi connectivity index (χ1v) is 6.67. The molecule has 102 valence electrons. The molecule has 5 heteroatoms. The summed E-state index contributed by atoms with van der Waals surface area (Å²) in [5, 5.41) is 0.680. The molecule has 1 aromatic carbocycles. The van der Waals surface area contributed by atoms with Crippen LogP contribution in [-0.2, 0) is 13.2 Å². The van der Waals surface area contributed by atoms with Gasteiger partial charge in [-0.1, -0.05) is 23.7 Å². The third-order valence-electron chi connectivity index (χ3n) is 3.01. The van der Waals surface area contributed by atoms with E-state index in [1.54, 1.807) is 0 Å². The lowest BCUT2D eigenvalue weighted by Crippen LogP contribution is -1.98. The first-order chi connectivity index (χ1) is 9.74. The average molecular weight is 288 g/mol. The van der Waals surface area contributed by atoms with Crippen molar-refractivity contribution in [2.24, 2.45) is 5.73 Å². The number of imidazole rings is 1. The number of hydrogen-bond donors (Lipinski definition) is 1. The largest absolute Gasteiger partial charge is 0.487 e. The summed E-state index contributed by atoms with van der Waals surface area (Å²) in [6.07, 6.45) is 3.74. The molecule has 0 aliphatic heterocycles. The molecule has 0 atom stereocenters. The van der Waals surface area contributed by atoms with Crippen LogP contribution in [0.15, 0.2) is 48.8 Å². The maximum atomic E-state index is 5.94. The normalized spacial score (nSPS) is 10.9. The van der Waals surface area contributed by atoms with E-state index in [0.29, 0.717) is 18.2 Å². The number of pyridine rings is 1. The molecule has 2 heterocycles. The van der Waals surface area contributed by atoms with Crippen LogP contribution in [0, 0.1) is 0 Å². The molecule has 0 saturated heterocycles. The van der Waals surface area contributed by atoms with Crippen LogP contribution in [0.4, 0.5) is 0 Å². The fourth-order valence-electron chi connectivity index (χ4n) is 1.97. The molecule has 0 unspecified atom stereocenters. The van der Waals surface area contributed by atoms with Gasteiger partial charge in [0, 0.05) is 18.9 Å². The molecular weight excluding hydrogens is 274 g/mol. The fourth-order valence-corrected chi connectivity index (χ4v) is 2.13. The molecule has 0 spiro atoms. The molecule has 2 N–H and O–H groups in total. The molecule has 3 aromatic rings. The molecule has 2 aromatic heterocycles. The van der Waals surface area contributed by atoms with Gasteiger partial charge in [0.15, 0.2) is 0 Å². The van der Waals surface area contributed by atoms with Gasteiger partial charge in [-0.05, 0) is 29.8 Å². The molecule has 0 bridgehead atoms. The minimum atomic E-state index is 0.418. The molecule has 4 nitrogen and oxygen atoms in total. The van der Waals surface area contributed by atoms with E-state index in [2.05, 4.69) is 4.98 Å². The molecule has 0 aliphatic carbocycles. The Morgan fingerprint density at radius 2 is 1.90 bits per heavy atom. The van der Waals surface area contributed by atoms with E-state index in [4.69, 9.17) is 22.1 Å². The smallest absolute Gasteiger partial charge is 0.137 e. The Morgan fingerprint density at radius 1 is 1.10 bits per heavy atom. The SMILES string of the molecule is NCc1ccc(OCc2cn3cc(Cl)ccc3n2)cc1. The number of nitrogens with two attached hydrogens (primary N) is 1. The molecule has 20 heavy (non-hydrogen) atoms. The summed E-state index contributed by atoms with van der Waals surface area (Å²) >= 11 is 5.94. The Hall–Kier alpha value is -2.04. The Labute approximate surface area is 121 Å². The topological polar surface area (TPSA) is 52.5 Å². The zero-order valence-corrected chi connectivity index (χ0v) is 11.5. The van der Waals surface area contributed by atoms with Crippen LogP contribution in [0.3, 0.4) is 0 Å². The predicted octanol–water partition coefficient (Wildman–Crippen LogP) is 3.03. The molecule has 0 radical (unpaired) electrons. The highest BCUT2D eigenvalue weighted by Gasteiger charge is 2.03. The van der Waals surface area contributed by atoms with Gasteiger partial charge < -0.3 is 14.9 Å². The predicted molar refractivity (Wildman–Crippen MR) is 78.9 cm³/mol. The van der Waals surface area contributed by atoms with Crippen molar-refractivity contribution in [1.29, 1.82) is 0 Å². The van der Waals surface area contributed by atoms with E-state index in [-0.39, 0.29) is 0 Å². The van der Waals surface area contributed by atoms with Gasteiger partial charge in [0.2, 0.25) is 0 Å². The van der Waals surface area contributed by atoms with Crippen molar-refractivity contribution < 1.29 is 4.74 Å². The second-order valence-electron chi connectivity index (χ2n) is 4.48. The minimum absolute atomic E-state index is 0.418. The van der Waals surface area contributed by atoms with Crippen LogP contribution in [0.25, 0.3) is 5.65 Å². The lowest BCUT2D eigenvalue weighted by atomic mass is 10.2. The first kappa shape index (κ1) is 13.0. The number of halogens is 1. The molecule has 0 fully saturated rings. The number of benzene rings is 1. The summed E-state index contributed by atoms with van der Waals surface area (Å²) in [6, 6.07) is 11.4. The highest BCUT2D eigenvalue weighted by molar-refractivity contribution is 6.30. The lowest BCUT2D eigenvalue weighted by Gasteiger charge is -2.04. The van der Waals surface area contributed by atoms with Gasteiger partial charge >= 0.3 is 0 Å². The molecular formula is C15H14ClN3O. The van der Waals surface area contributed by atoms with Crippen molar-refractivity contribution >= 4 is 17.2 Å². The third-order valence-corrected chi connectivity index (χ3v) is 3.23. The van der Waals surface area contributed by atoms with E-state index in [1.165, 1.54) is 0 Å². The Morgan fingerprint density at radius 3 is 2.65 bits per heavy atom. The van der Waals surface area contributed by atoms with Gasteiger partial charge in [-0.2, -0.15) is 0 Å². The first-order valence-electron chi connectivity index (χ1n) is 6.29. The van der Waals surface area contributed by atoms with Crippen LogP contribution in [-0.4, -0.2) is 9.38 Å². The van der Waals surface area contributed by atoms with Gasteiger partial charge in [-0.15, -0.1) is 0 Å². The maximum absolute atomic E-state index is 5.94. The van der Waals surface area contributed by atoms with Crippen molar-refractivity contribution in [2.45, 2.75) is 13.2 Å². The molecule has 3 rings (SSSR count). The summed E-state index contributed by atoms with van der Waals surface area (Å²) in [7, 11) is 0. The van der Waals surface area contributed by atoms with Gasteiger partial charge in [-0.3, -0.25) is 0 Å². The monoisotopic (exact) mass is 287 g/mol. The lowest BCUT2D eigenvalue weighted by molar-refractivity contribution is 0.302. The van der Waals surface area contributed by atoms with E-state index < -0.39 is 0 Å². The van der Waals surface area contributed by atoms with Crippen LogP contribution in [0.2, 0.25) is 5.02 Å². The number of hydrogen-bond acceptors (Lipinski definition) is 3. The maximum Gasteiger partial charge on any atom is 0.137 e. The molecule has 0 aliphatic rings. The van der Waals surface area contributed by atoms with Gasteiger partial charge in [0.05, 0.1) is 10.7 Å². The average Bonchev–Trinajstić information content (AvgIpc) is 2.87. The number of aromatic nitrogens is 2. The minimum Gasteiger partial charge on any atom is -0.487 e. The van der Waals surface area contributed by atoms with Gasteiger partial charge in [0.1, 0.15) is 18.0 Å². The zero-order valence-electron chi connectivity index (χ0n) is 10.8. The van der Waals surface area contributed by atoms with Crippen LogP contribution in [0.1, 0.15) is 11.3 Å². The van der Waals surface area contributed by atoms with E-state index in [1.807, 2.05) is 53.2 Å². The van der Waals surface area contributed by atoms with Crippen LogP contribution < -0.4 is 10.5 Å². The van der Waals surface area contributed by atoms with Crippen molar-refractivity contribution in [1.82, 2.24) is 9.38 Å². The quantitative estimate of drug-likeness (QED) is 0.802. The number of ether oxygens (including phenoxy) is 1. The second kappa shape index (κ2) is 5.53. The van der Waals surface area contributed by atoms with E-state index in [0.717, 1.165) is 22.7 Å². The summed E-state index contributed by atoms with van der Waals surface area (Å²) in [4.78, 5) is 4.46. The summed E-state index contributed by atoms with van der Waals surface area (Å²) in [5.41, 5.74) is 8.35. The van der Waals surface area contributed by atoms with Gasteiger partial charge in [0.25, 0.3) is 0 Å². The highest BCUT2D eigenvalue weighted by Crippen LogP contribution is 2.15. The number of fused-ring (bicyclic) bond motifs is 1. The van der Waals surface area contributed by atoms with Crippen molar-refractivity contribution in [2.75, 3.05) is 0 Å². The fraction of sp³-hybridized carbons (Fsp3) is 0.133. The Balaban J connectivity index is 1.72. The highest BCUT2D eigenvalue weighted by atomic mass is 35.5. The standard InChI is InChI=1S/C15H14ClN3O/c16-12-3-6-15-18-13(9-19(15)8-12)10-20-14-4-1-11(7-17)2-5-14/h1-6,8-9H,7,10,17H2. The Kier molecular flexibility index (Phi) is 3.58.